The number of guanidine groups is 1. The topological polar surface area (TPSA) is 126 Å². The highest BCUT2D eigenvalue weighted by Gasteiger charge is 2.39. The van der Waals surface area contributed by atoms with E-state index in [4.69, 9.17) is 23.1 Å². The summed E-state index contributed by atoms with van der Waals surface area (Å²) in [6.07, 6.45) is -2.11. The van der Waals surface area contributed by atoms with Gasteiger partial charge in [-0.2, -0.15) is 18.6 Å². The third-order valence-corrected chi connectivity index (χ3v) is 9.55. The summed E-state index contributed by atoms with van der Waals surface area (Å²) in [6.45, 7) is 9.33. The molecule has 0 aromatic heterocycles. The number of hydrazine groups is 1. The molecule has 2 aliphatic heterocycles. The van der Waals surface area contributed by atoms with Crippen LogP contribution in [0.5, 0.6) is 0 Å². The monoisotopic (exact) mass is 600 g/mol. The standard InChI is InChI=1S/C27H36ClF3N6O2S/c1-25(2,3)10-13-37-11-8-17(9-12-37)16-40(38,39)20-6-4-18(5-7-20)23-21(26(29,30)31)14-19(15-22(23)28)27(33)34-24(32)35-36-27/h4-7,14-15,17,36H,8-13,16,33H2,1-3H3,(H3,32,34,35). The normalized spacial score (nSPS) is 21.4. The minimum atomic E-state index is -4.78. The first-order valence-electron chi connectivity index (χ1n) is 13.1. The lowest BCUT2D eigenvalue weighted by Crippen LogP contribution is -2.50. The molecular weight excluding hydrogens is 565 g/mol. The van der Waals surface area contributed by atoms with Gasteiger partial charge in [0, 0.05) is 16.1 Å². The fourth-order valence-corrected chi connectivity index (χ4v) is 7.02. The van der Waals surface area contributed by atoms with Crippen molar-refractivity contribution in [3.05, 3.63) is 52.5 Å². The van der Waals surface area contributed by atoms with Crippen molar-refractivity contribution in [1.29, 1.82) is 0 Å². The largest absolute Gasteiger partial charge is 0.417 e. The van der Waals surface area contributed by atoms with Crippen LogP contribution in [0.15, 0.2) is 46.3 Å². The maximum Gasteiger partial charge on any atom is 0.417 e. The predicted octanol–water partition coefficient (Wildman–Crippen LogP) is 4.44. The molecule has 0 spiro atoms. The average molecular weight is 601 g/mol. The molecule has 13 heteroatoms. The smallest absolute Gasteiger partial charge is 0.369 e. The van der Waals surface area contributed by atoms with Gasteiger partial charge in [-0.25, -0.2) is 13.4 Å². The Labute approximate surface area is 238 Å². The maximum absolute atomic E-state index is 14.2. The van der Waals surface area contributed by atoms with Crippen molar-refractivity contribution in [1.82, 2.24) is 15.8 Å². The Morgan fingerprint density at radius 1 is 1.12 bits per heavy atom. The predicted molar refractivity (Wildman–Crippen MR) is 151 cm³/mol. The van der Waals surface area contributed by atoms with Gasteiger partial charge in [-0.05, 0) is 80.1 Å². The number of alkyl halides is 3. The van der Waals surface area contributed by atoms with Gasteiger partial charge in [-0.3, -0.25) is 11.2 Å². The van der Waals surface area contributed by atoms with E-state index in [1.54, 1.807) is 0 Å². The molecule has 6 N–H and O–H groups in total. The van der Waals surface area contributed by atoms with E-state index in [2.05, 4.69) is 41.5 Å². The molecule has 2 heterocycles. The van der Waals surface area contributed by atoms with E-state index in [0.717, 1.165) is 45.0 Å². The van der Waals surface area contributed by atoms with E-state index in [1.165, 1.54) is 30.3 Å². The first-order chi connectivity index (χ1) is 18.5. The van der Waals surface area contributed by atoms with Gasteiger partial charge in [-0.15, -0.1) is 0 Å². The van der Waals surface area contributed by atoms with Crippen LogP contribution in [0.1, 0.15) is 51.2 Å². The number of nitrogens with two attached hydrogens (primary N) is 2. The molecule has 0 saturated carbocycles. The first kappa shape index (κ1) is 30.6. The molecular formula is C27H36ClF3N6O2S. The molecule has 2 aromatic carbocycles. The molecule has 1 unspecified atom stereocenters. The Hall–Kier alpha value is -2.38. The molecule has 0 bridgehead atoms. The van der Waals surface area contributed by atoms with Crippen LogP contribution < -0.4 is 22.3 Å². The summed E-state index contributed by atoms with van der Waals surface area (Å²) in [5, 5.41) is -0.217. The Balaban J connectivity index is 1.52. The number of hydrogen-bond donors (Lipinski definition) is 4. The van der Waals surface area contributed by atoms with Gasteiger partial charge in [0.15, 0.2) is 9.84 Å². The SMILES string of the molecule is CC(C)(C)CCN1CCC(CS(=O)(=O)c2ccc(-c3c(Cl)cc(C4(N)N=C(N)NN4)cc3C(F)(F)F)cc2)CC1. The molecule has 2 aliphatic rings. The molecule has 2 aromatic rings. The number of rotatable bonds is 7. The van der Waals surface area contributed by atoms with Crippen molar-refractivity contribution >= 4 is 27.4 Å². The number of benzene rings is 2. The van der Waals surface area contributed by atoms with Crippen LogP contribution in [-0.4, -0.2) is 44.7 Å². The van der Waals surface area contributed by atoms with E-state index < -0.39 is 27.4 Å². The highest BCUT2D eigenvalue weighted by atomic mass is 35.5. The van der Waals surface area contributed by atoms with Gasteiger partial charge in [0.25, 0.3) is 0 Å². The zero-order valence-corrected chi connectivity index (χ0v) is 24.3. The van der Waals surface area contributed by atoms with Gasteiger partial charge in [-0.1, -0.05) is 44.5 Å². The number of nitrogens with zero attached hydrogens (tertiary/aromatic N) is 2. The minimum Gasteiger partial charge on any atom is -0.369 e. The second-order valence-corrected chi connectivity index (χ2v) is 14.2. The fourth-order valence-electron chi connectivity index (χ4n) is 4.99. The first-order valence-corrected chi connectivity index (χ1v) is 15.1. The molecule has 1 atom stereocenters. The Kier molecular flexibility index (Phi) is 8.51. The summed E-state index contributed by atoms with van der Waals surface area (Å²) in [5.74, 6) is -1.79. The number of halogens is 4. The zero-order chi connectivity index (χ0) is 29.5. The third kappa shape index (κ3) is 7.09. The van der Waals surface area contributed by atoms with Crippen LogP contribution in [-0.2, 0) is 21.8 Å². The average Bonchev–Trinajstić information content (AvgIpc) is 3.21. The summed E-state index contributed by atoms with van der Waals surface area (Å²) >= 11 is 6.36. The highest BCUT2D eigenvalue weighted by molar-refractivity contribution is 7.91. The quantitative estimate of drug-likeness (QED) is 0.370. The van der Waals surface area contributed by atoms with Crippen LogP contribution in [0.25, 0.3) is 11.1 Å². The highest BCUT2D eigenvalue weighted by Crippen LogP contribution is 2.43. The van der Waals surface area contributed by atoms with E-state index >= 15 is 0 Å². The lowest BCUT2D eigenvalue weighted by atomic mass is 9.91. The van der Waals surface area contributed by atoms with Gasteiger partial charge in [0.2, 0.25) is 11.7 Å². The van der Waals surface area contributed by atoms with E-state index in [-0.39, 0.29) is 49.7 Å². The lowest BCUT2D eigenvalue weighted by molar-refractivity contribution is -0.137. The van der Waals surface area contributed by atoms with Crippen LogP contribution >= 0.6 is 11.6 Å². The number of piperidine rings is 1. The van der Waals surface area contributed by atoms with Gasteiger partial charge < -0.3 is 10.6 Å². The number of hydrogen-bond acceptors (Lipinski definition) is 8. The van der Waals surface area contributed by atoms with Crippen molar-refractivity contribution in [3.8, 4) is 11.1 Å². The van der Waals surface area contributed by atoms with Crippen LogP contribution in [0.3, 0.4) is 0 Å². The summed E-state index contributed by atoms with van der Waals surface area (Å²) in [5.41, 5.74) is 15.7. The van der Waals surface area contributed by atoms with E-state index in [9.17, 15) is 21.6 Å². The Bertz CT molecular complexity index is 1370. The van der Waals surface area contributed by atoms with Crippen molar-refractivity contribution < 1.29 is 21.6 Å². The second-order valence-electron chi connectivity index (χ2n) is 11.8. The molecule has 40 heavy (non-hydrogen) atoms. The van der Waals surface area contributed by atoms with Crippen molar-refractivity contribution in [2.24, 2.45) is 27.8 Å². The van der Waals surface area contributed by atoms with Crippen LogP contribution in [0, 0.1) is 11.3 Å². The Morgan fingerprint density at radius 2 is 1.75 bits per heavy atom. The molecule has 8 nitrogen and oxygen atoms in total. The maximum atomic E-state index is 14.2. The summed E-state index contributed by atoms with van der Waals surface area (Å²) in [7, 11) is -3.62. The van der Waals surface area contributed by atoms with Gasteiger partial charge in [0.05, 0.1) is 16.2 Å². The molecule has 0 radical (unpaired) electrons. The zero-order valence-electron chi connectivity index (χ0n) is 22.8. The number of sulfone groups is 1. The van der Waals surface area contributed by atoms with Crippen LogP contribution in [0.2, 0.25) is 5.02 Å². The molecule has 1 saturated heterocycles. The van der Waals surface area contributed by atoms with E-state index in [0.29, 0.717) is 0 Å². The molecule has 4 rings (SSSR count). The van der Waals surface area contributed by atoms with E-state index in [1.807, 2.05) is 0 Å². The third-order valence-electron chi connectivity index (χ3n) is 7.36. The van der Waals surface area contributed by atoms with Crippen molar-refractivity contribution in [2.45, 2.75) is 56.9 Å². The fraction of sp³-hybridized carbons (Fsp3) is 0.519. The summed E-state index contributed by atoms with van der Waals surface area (Å²) in [4.78, 5) is 6.37. The van der Waals surface area contributed by atoms with Gasteiger partial charge >= 0.3 is 6.18 Å². The second kappa shape index (κ2) is 11.1. The Morgan fingerprint density at radius 3 is 2.27 bits per heavy atom. The molecule has 220 valence electrons. The van der Waals surface area contributed by atoms with Gasteiger partial charge in [0.1, 0.15) is 0 Å². The number of nitrogens with one attached hydrogen (secondary N) is 2. The summed E-state index contributed by atoms with van der Waals surface area (Å²) in [6, 6.07) is 7.51. The minimum absolute atomic E-state index is 0.00593. The van der Waals surface area contributed by atoms with Crippen molar-refractivity contribution in [2.75, 3.05) is 25.4 Å². The molecule has 0 aliphatic carbocycles. The van der Waals surface area contributed by atoms with Crippen LogP contribution in [0.4, 0.5) is 13.2 Å². The number of likely N-dealkylation sites (tertiary alicyclic amines) is 1. The number of aliphatic imine (C=N–C) groups is 1. The van der Waals surface area contributed by atoms with Crippen molar-refractivity contribution in [3.63, 3.8) is 0 Å². The molecule has 0 amide bonds. The summed E-state index contributed by atoms with van der Waals surface area (Å²) < 4.78 is 68.8. The molecule has 1 fully saturated rings. The lowest BCUT2D eigenvalue weighted by Gasteiger charge is -2.33.